The molecule has 0 aromatic heterocycles. The second-order valence-electron chi connectivity index (χ2n) is 3.60. The van der Waals surface area contributed by atoms with Crippen LogP contribution in [0.25, 0.3) is 0 Å². The molecule has 6 nitrogen and oxygen atoms in total. The van der Waals surface area contributed by atoms with Crippen LogP contribution in [0, 0.1) is 0 Å². The highest BCUT2D eigenvalue weighted by molar-refractivity contribution is 4.63. The molecule has 0 aliphatic carbocycles. The third-order valence-electron chi connectivity index (χ3n) is 1.99. The Hall–Kier alpha value is -0.500. The topological polar surface area (TPSA) is 72.2 Å². The van der Waals surface area contributed by atoms with Crippen LogP contribution in [0.1, 0.15) is 0 Å². The minimum atomic E-state index is 0.543. The highest BCUT2D eigenvalue weighted by Crippen LogP contribution is 1.83. The maximum Gasteiger partial charge on any atom is 0.0704 e. The lowest BCUT2D eigenvalue weighted by atomic mass is 10.6. The van der Waals surface area contributed by atoms with Crippen LogP contribution in [0.5, 0.6) is 0 Å². The minimum absolute atomic E-state index is 0.543. The molecule has 0 heterocycles. The van der Waals surface area contributed by atoms with Crippen LogP contribution in [-0.4, -0.2) is 72.6 Å². The van der Waals surface area contributed by atoms with Gasteiger partial charge in [0.25, 0.3) is 0 Å². The summed E-state index contributed by atoms with van der Waals surface area (Å²) in [5, 5.41) is 0. The minimum Gasteiger partial charge on any atom is -0.378 e. The Morgan fingerprint density at radius 2 is 1.00 bits per heavy atom. The van der Waals surface area contributed by atoms with Gasteiger partial charge >= 0.3 is 0 Å². The Morgan fingerprint density at radius 1 is 0.632 bits per heavy atom. The van der Waals surface area contributed by atoms with Gasteiger partial charge in [-0.05, 0) is 0 Å². The van der Waals surface area contributed by atoms with Gasteiger partial charge in [0.1, 0.15) is 0 Å². The summed E-state index contributed by atoms with van der Waals surface area (Å²) in [7, 11) is 0. The maximum atomic E-state index is 5.32. The van der Waals surface area contributed by atoms with E-state index in [0.29, 0.717) is 72.6 Å². The second-order valence-corrected chi connectivity index (χ2v) is 3.60. The van der Waals surface area contributed by atoms with E-state index in [0.717, 1.165) is 0 Å². The Kier molecular flexibility index (Phi) is 17.0. The number of nitrogens with two attached hydrogens (primary N) is 1. The molecule has 0 rings (SSSR count). The lowest BCUT2D eigenvalue weighted by molar-refractivity contribution is -0.00881. The zero-order chi connectivity index (χ0) is 14.0. The normalized spacial score (nSPS) is 10.8. The van der Waals surface area contributed by atoms with Gasteiger partial charge < -0.3 is 29.4 Å². The van der Waals surface area contributed by atoms with E-state index >= 15 is 0 Å². The highest BCUT2D eigenvalue weighted by Gasteiger charge is 1.92. The molecule has 2 N–H and O–H groups in total. The zero-order valence-corrected chi connectivity index (χ0v) is 11.7. The van der Waals surface area contributed by atoms with Crippen molar-refractivity contribution in [1.82, 2.24) is 0 Å². The number of rotatable bonds is 16. The Labute approximate surface area is 115 Å². The lowest BCUT2D eigenvalue weighted by Gasteiger charge is -2.07. The molecule has 0 unspecified atom stereocenters. The maximum absolute atomic E-state index is 5.32. The van der Waals surface area contributed by atoms with Crippen molar-refractivity contribution in [2.24, 2.45) is 5.73 Å². The molecule has 114 valence electrons. The summed E-state index contributed by atoms with van der Waals surface area (Å²) in [4.78, 5) is 0. The molecule has 0 fully saturated rings. The standard InChI is InChI=1S/C13H27NO5/c1-2-4-15-6-8-17-10-12-19-13-11-18-9-7-16-5-3-14/h2H,1,3-14H2. The van der Waals surface area contributed by atoms with Crippen molar-refractivity contribution in [2.45, 2.75) is 0 Å². The summed E-state index contributed by atoms with van der Waals surface area (Å²) in [5.41, 5.74) is 5.27. The Morgan fingerprint density at radius 3 is 1.37 bits per heavy atom. The molecule has 19 heavy (non-hydrogen) atoms. The van der Waals surface area contributed by atoms with Crippen molar-refractivity contribution in [3.63, 3.8) is 0 Å². The van der Waals surface area contributed by atoms with E-state index in [4.69, 9.17) is 29.4 Å². The molecule has 0 saturated carbocycles. The van der Waals surface area contributed by atoms with Gasteiger partial charge in [-0.15, -0.1) is 6.58 Å². The summed E-state index contributed by atoms with van der Waals surface area (Å²) in [5.74, 6) is 0. The Bertz CT molecular complexity index is 180. The van der Waals surface area contributed by atoms with Crippen molar-refractivity contribution in [3.8, 4) is 0 Å². The molecule has 0 radical (unpaired) electrons. The van der Waals surface area contributed by atoms with Gasteiger partial charge in [-0.25, -0.2) is 0 Å². The second kappa shape index (κ2) is 17.5. The fourth-order valence-corrected chi connectivity index (χ4v) is 1.13. The predicted molar refractivity (Wildman–Crippen MR) is 73.3 cm³/mol. The fraction of sp³-hybridized carbons (Fsp3) is 0.846. The Balaban J connectivity index is 2.89. The first-order valence-corrected chi connectivity index (χ1v) is 6.61. The molecule has 0 amide bonds. The fourth-order valence-electron chi connectivity index (χ4n) is 1.13. The smallest absolute Gasteiger partial charge is 0.0704 e. The number of hydrogen-bond donors (Lipinski definition) is 1. The van der Waals surface area contributed by atoms with Crippen molar-refractivity contribution < 1.29 is 23.7 Å². The van der Waals surface area contributed by atoms with Gasteiger partial charge in [-0.3, -0.25) is 0 Å². The molecular weight excluding hydrogens is 250 g/mol. The molecule has 6 heteroatoms. The van der Waals surface area contributed by atoms with Crippen molar-refractivity contribution in [3.05, 3.63) is 12.7 Å². The van der Waals surface area contributed by atoms with Crippen LogP contribution in [-0.2, 0) is 23.7 Å². The molecule has 0 atom stereocenters. The van der Waals surface area contributed by atoms with Crippen LogP contribution < -0.4 is 5.73 Å². The van der Waals surface area contributed by atoms with Gasteiger partial charge in [0.2, 0.25) is 0 Å². The molecular formula is C13H27NO5. The van der Waals surface area contributed by atoms with E-state index in [1.807, 2.05) is 0 Å². The van der Waals surface area contributed by atoms with Crippen LogP contribution in [0.4, 0.5) is 0 Å². The first kappa shape index (κ1) is 18.5. The predicted octanol–water partition coefficient (Wildman–Crippen LogP) is 0.214. The van der Waals surface area contributed by atoms with E-state index in [1.165, 1.54) is 0 Å². The summed E-state index contributed by atoms with van der Waals surface area (Å²) >= 11 is 0. The van der Waals surface area contributed by atoms with E-state index in [9.17, 15) is 0 Å². The highest BCUT2D eigenvalue weighted by atomic mass is 16.6. The van der Waals surface area contributed by atoms with Gasteiger partial charge in [-0.2, -0.15) is 0 Å². The monoisotopic (exact) mass is 277 g/mol. The van der Waals surface area contributed by atoms with E-state index in [2.05, 4.69) is 6.58 Å². The third kappa shape index (κ3) is 17.5. The van der Waals surface area contributed by atoms with Gasteiger partial charge in [0.15, 0.2) is 0 Å². The van der Waals surface area contributed by atoms with Gasteiger partial charge in [-0.1, -0.05) is 6.08 Å². The van der Waals surface area contributed by atoms with Crippen molar-refractivity contribution in [2.75, 3.05) is 72.6 Å². The molecule has 0 aliphatic heterocycles. The zero-order valence-electron chi connectivity index (χ0n) is 11.7. The number of hydrogen-bond acceptors (Lipinski definition) is 6. The average molecular weight is 277 g/mol. The summed E-state index contributed by atoms with van der Waals surface area (Å²) in [6, 6.07) is 0. The average Bonchev–Trinajstić information content (AvgIpc) is 2.43. The first-order valence-electron chi connectivity index (χ1n) is 6.61. The third-order valence-corrected chi connectivity index (χ3v) is 1.99. The van der Waals surface area contributed by atoms with Crippen LogP contribution in [0.2, 0.25) is 0 Å². The van der Waals surface area contributed by atoms with Gasteiger partial charge in [0.05, 0.1) is 66.1 Å². The summed E-state index contributed by atoms with van der Waals surface area (Å²) < 4.78 is 26.2. The van der Waals surface area contributed by atoms with E-state index in [-0.39, 0.29) is 0 Å². The summed E-state index contributed by atoms with van der Waals surface area (Å²) in [6.45, 7) is 9.79. The molecule has 0 spiro atoms. The first-order chi connectivity index (χ1) is 9.41. The van der Waals surface area contributed by atoms with Crippen molar-refractivity contribution >= 4 is 0 Å². The largest absolute Gasteiger partial charge is 0.378 e. The molecule has 0 aliphatic rings. The lowest BCUT2D eigenvalue weighted by Crippen LogP contribution is -2.14. The van der Waals surface area contributed by atoms with Crippen molar-refractivity contribution in [1.29, 1.82) is 0 Å². The SMILES string of the molecule is C=CCOCCOCCOCCOCCOCCN. The molecule has 0 bridgehead atoms. The van der Waals surface area contributed by atoms with Crippen LogP contribution in [0.15, 0.2) is 12.7 Å². The molecule has 0 aromatic rings. The quantitative estimate of drug-likeness (QED) is 0.321. The molecule has 0 saturated heterocycles. The number of ether oxygens (including phenoxy) is 5. The van der Waals surface area contributed by atoms with Gasteiger partial charge in [0, 0.05) is 6.54 Å². The molecule has 0 aromatic carbocycles. The summed E-state index contributed by atoms with van der Waals surface area (Å²) in [6.07, 6.45) is 1.71. The van der Waals surface area contributed by atoms with E-state index in [1.54, 1.807) is 6.08 Å². The van der Waals surface area contributed by atoms with Crippen LogP contribution >= 0.6 is 0 Å². The van der Waals surface area contributed by atoms with E-state index < -0.39 is 0 Å². The van der Waals surface area contributed by atoms with Crippen LogP contribution in [0.3, 0.4) is 0 Å².